The van der Waals surface area contributed by atoms with E-state index in [0.717, 1.165) is 12.5 Å². The van der Waals surface area contributed by atoms with Gasteiger partial charge in [-0.15, -0.1) is 0 Å². The molecular weight excluding hydrogens is 204 g/mol. The van der Waals surface area contributed by atoms with Crippen LogP contribution in [-0.4, -0.2) is 24.8 Å². The van der Waals surface area contributed by atoms with Crippen LogP contribution in [0.3, 0.4) is 0 Å². The maximum absolute atomic E-state index is 11.6. The molecule has 2 aliphatic carbocycles. The summed E-state index contributed by atoms with van der Waals surface area (Å²) in [6, 6.07) is 0. The van der Waals surface area contributed by atoms with E-state index in [9.17, 15) is 4.79 Å². The largest absolute Gasteiger partial charge is 0.458 e. The summed E-state index contributed by atoms with van der Waals surface area (Å²) in [7, 11) is 0. The number of rotatable bonds is 3. The Morgan fingerprint density at radius 2 is 2.06 bits per heavy atom. The Labute approximate surface area is 95.8 Å². The van der Waals surface area contributed by atoms with Crippen molar-refractivity contribution >= 4 is 5.97 Å². The molecule has 1 heterocycles. The Morgan fingerprint density at radius 3 is 2.69 bits per heavy atom. The van der Waals surface area contributed by atoms with Gasteiger partial charge in [0.15, 0.2) is 0 Å². The molecule has 0 radical (unpaired) electrons. The van der Waals surface area contributed by atoms with Crippen molar-refractivity contribution in [2.75, 3.05) is 6.61 Å². The molecule has 1 aliphatic heterocycles. The van der Waals surface area contributed by atoms with Gasteiger partial charge in [-0.3, -0.25) is 0 Å². The quantitative estimate of drug-likeness (QED) is 0.416. The average Bonchev–Trinajstić information content (AvgIpc) is 2.88. The van der Waals surface area contributed by atoms with Gasteiger partial charge in [-0.25, -0.2) is 4.79 Å². The molecule has 0 amide bonds. The second-order valence-electron chi connectivity index (χ2n) is 5.43. The first-order valence-corrected chi connectivity index (χ1v) is 6.15. The van der Waals surface area contributed by atoms with Crippen molar-refractivity contribution in [1.29, 1.82) is 0 Å². The molecule has 3 fully saturated rings. The second-order valence-corrected chi connectivity index (χ2v) is 5.43. The zero-order valence-corrected chi connectivity index (χ0v) is 9.65. The van der Waals surface area contributed by atoms with E-state index < -0.39 is 0 Å². The van der Waals surface area contributed by atoms with E-state index in [1.165, 1.54) is 19.3 Å². The Balaban J connectivity index is 1.72. The molecule has 2 bridgehead atoms. The van der Waals surface area contributed by atoms with Crippen LogP contribution in [0.5, 0.6) is 0 Å². The van der Waals surface area contributed by atoms with Gasteiger partial charge >= 0.3 is 5.97 Å². The first-order valence-electron chi connectivity index (χ1n) is 6.15. The molecule has 0 aromatic heterocycles. The van der Waals surface area contributed by atoms with Gasteiger partial charge in [0.1, 0.15) is 6.10 Å². The first-order chi connectivity index (χ1) is 7.66. The smallest absolute Gasteiger partial charge is 0.333 e. The third-order valence-electron chi connectivity index (χ3n) is 4.28. The van der Waals surface area contributed by atoms with Gasteiger partial charge < -0.3 is 9.47 Å². The van der Waals surface area contributed by atoms with Crippen LogP contribution in [-0.2, 0) is 14.3 Å². The van der Waals surface area contributed by atoms with Crippen molar-refractivity contribution in [1.82, 2.24) is 0 Å². The Morgan fingerprint density at radius 1 is 1.38 bits per heavy atom. The normalized spacial score (nSPS) is 44.4. The van der Waals surface area contributed by atoms with Crippen molar-refractivity contribution in [2.45, 2.75) is 38.4 Å². The molecule has 3 heteroatoms. The van der Waals surface area contributed by atoms with Crippen LogP contribution >= 0.6 is 0 Å². The zero-order valence-electron chi connectivity index (χ0n) is 9.65. The molecule has 0 N–H and O–H groups in total. The Bertz CT molecular complexity index is 332. The van der Waals surface area contributed by atoms with Crippen LogP contribution in [0.25, 0.3) is 0 Å². The van der Waals surface area contributed by atoms with Gasteiger partial charge in [-0.2, -0.15) is 0 Å². The minimum atomic E-state index is -0.233. The molecule has 5 atom stereocenters. The fourth-order valence-corrected chi connectivity index (χ4v) is 3.48. The molecule has 2 saturated carbocycles. The molecule has 0 aromatic carbocycles. The molecule has 1 saturated heterocycles. The number of ether oxygens (including phenoxy) is 2. The molecule has 3 rings (SSSR count). The first kappa shape index (κ1) is 10.3. The highest BCUT2D eigenvalue weighted by Gasteiger charge is 2.55. The van der Waals surface area contributed by atoms with Crippen LogP contribution in [0.4, 0.5) is 0 Å². The highest BCUT2D eigenvalue weighted by molar-refractivity contribution is 5.87. The van der Waals surface area contributed by atoms with Crippen LogP contribution < -0.4 is 0 Å². The van der Waals surface area contributed by atoms with Crippen LogP contribution in [0, 0.1) is 17.8 Å². The highest BCUT2D eigenvalue weighted by atomic mass is 16.6. The number of hydrogen-bond acceptors (Lipinski definition) is 3. The molecule has 3 aliphatic rings. The lowest BCUT2D eigenvalue weighted by molar-refractivity contribution is -0.150. The third kappa shape index (κ3) is 1.58. The maximum Gasteiger partial charge on any atom is 0.333 e. The summed E-state index contributed by atoms with van der Waals surface area (Å²) in [4.78, 5) is 11.6. The molecule has 88 valence electrons. The van der Waals surface area contributed by atoms with Gasteiger partial charge in [0.25, 0.3) is 0 Å². The van der Waals surface area contributed by atoms with Crippen molar-refractivity contribution in [3.8, 4) is 0 Å². The number of hydrogen-bond donors (Lipinski definition) is 0. The lowest BCUT2D eigenvalue weighted by atomic mass is 9.84. The van der Waals surface area contributed by atoms with Crippen LogP contribution in [0.15, 0.2) is 12.2 Å². The number of esters is 1. The fourth-order valence-electron chi connectivity index (χ4n) is 3.48. The summed E-state index contributed by atoms with van der Waals surface area (Å²) in [6.45, 7) is 6.20. The van der Waals surface area contributed by atoms with Crippen molar-refractivity contribution in [2.24, 2.45) is 17.8 Å². The molecular formula is C13H18O3. The molecule has 0 spiro atoms. The second kappa shape index (κ2) is 3.59. The number of carbonyl (C=O) groups excluding carboxylic acids is 1. The zero-order chi connectivity index (χ0) is 11.3. The Kier molecular flexibility index (Phi) is 2.32. The van der Waals surface area contributed by atoms with Gasteiger partial charge in [0.05, 0.1) is 12.7 Å². The lowest BCUT2D eigenvalue weighted by Gasteiger charge is -2.29. The number of carbonyl (C=O) groups is 1. The number of epoxide rings is 1. The van der Waals surface area contributed by atoms with E-state index in [2.05, 4.69) is 6.58 Å². The minimum absolute atomic E-state index is 0.0930. The summed E-state index contributed by atoms with van der Waals surface area (Å²) in [5.41, 5.74) is 0.498. The summed E-state index contributed by atoms with van der Waals surface area (Å²) >= 11 is 0. The van der Waals surface area contributed by atoms with Gasteiger partial charge in [0, 0.05) is 11.5 Å². The standard InChI is InChI=1S/C13H18O3/c1-7(2)13(14)16-12-9-4-3-8(5-9)11(12)10-6-15-10/h8-12H,1,3-6H2,2H3. The van der Waals surface area contributed by atoms with E-state index in [1.54, 1.807) is 6.92 Å². The lowest BCUT2D eigenvalue weighted by Crippen LogP contribution is -2.35. The van der Waals surface area contributed by atoms with E-state index in [4.69, 9.17) is 9.47 Å². The molecule has 16 heavy (non-hydrogen) atoms. The molecule has 3 nitrogen and oxygen atoms in total. The van der Waals surface area contributed by atoms with Gasteiger partial charge in [-0.1, -0.05) is 6.58 Å². The van der Waals surface area contributed by atoms with Gasteiger partial charge in [-0.05, 0) is 38.0 Å². The van der Waals surface area contributed by atoms with Gasteiger partial charge in [0.2, 0.25) is 0 Å². The fraction of sp³-hybridized carbons (Fsp3) is 0.769. The van der Waals surface area contributed by atoms with Crippen molar-refractivity contribution < 1.29 is 14.3 Å². The number of fused-ring (bicyclic) bond motifs is 2. The van der Waals surface area contributed by atoms with Crippen molar-refractivity contribution in [3.63, 3.8) is 0 Å². The Hall–Kier alpha value is -0.830. The van der Waals surface area contributed by atoms with Crippen LogP contribution in [0.1, 0.15) is 26.2 Å². The predicted octanol–water partition coefficient (Wildman–Crippen LogP) is 1.92. The van der Waals surface area contributed by atoms with E-state index in [1.807, 2.05) is 0 Å². The predicted molar refractivity (Wildman–Crippen MR) is 58.8 cm³/mol. The molecule has 5 unspecified atom stereocenters. The van der Waals surface area contributed by atoms with E-state index in [0.29, 0.717) is 23.5 Å². The minimum Gasteiger partial charge on any atom is -0.458 e. The summed E-state index contributed by atoms with van der Waals surface area (Å²) in [6.07, 6.45) is 4.17. The third-order valence-corrected chi connectivity index (χ3v) is 4.28. The maximum atomic E-state index is 11.6. The monoisotopic (exact) mass is 222 g/mol. The van der Waals surface area contributed by atoms with Crippen LogP contribution in [0.2, 0.25) is 0 Å². The highest BCUT2D eigenvalue weighted by Crippen LogP contribution is 2.53. The topological polar surface area (TPSA) is 38.8 Å². The summed E-state index contributed by atoms with van der Waals surface area (Å²) in [5.74, 6) is 1.52. The van der Waals surface area contributed by atoms with E-state index >= 15 is 0 Å². The summed E-state index contributed by atoms with van der Waals surface area (Å²) < 4.78 is 11.0. The van der Waals surface area contributed by atoms with E-state index in [-0.39, 0.29) is 12.1 Å². The summed E-state index contributed by atoms with van der Waals surface area (Å²) in [5, 5.41) is 0. The molecule has 0 aromatic rings. The van der Waals surface area contributed by atoms with Crippen molar-refractivity contribution in [3.05, 3.63) is 12.2 Å². The SMILES string of the molecule is C=C(C)C(=O)OC1C2CCC(C2)C1C1CO1. The average molecular weight is 222 g/mol.